The standard InChI is InChI=1S/C10H16F3NO3/c1-4-9(2,3)8(17)14(5-7(15)16)6-10(11,12)13/h4-6H2,1-3H3,(H,15,16). The van der Waals surface area contributed by atoms with Gasteiger partial charge in [0.2, 0.25) is 5.91 Å². The third-order valence-corrected chi connectivity index (χ3v) is 2.45. The number of carbonyl (C=O) groups is 2. The van der Waals surface area contributed by atoms with Crippen LogP contribution in [0, 0.1) is 5.41 Å². The zero-order valence-corrected chi connectivity index (χ0v) is 9.97. The van der Waals surface area contributed by atoms with E-state index in [1.165, 1.54) is 13.8 Å². The van der Waals surface area contributed by atoms with Gasteiger partial charge in [0.15, 0.2) is 0 Å². The van der Waals surface area contributed by atoms with Gasteiger partial charge in [-0.15, -0.1) is 0 Å². The molecule has 0 bridgehead atoms. The Morgan fingerprint density at radius 3 is 2.00 bits per heavy atom. The van der Waals surface area contributed by atoms with Gasteiger partial charge in [0.05, 0.1) is 0 Å². The van der Waals surface area contributed by atoms with Gasteiger partial charge in [-0.3, -0.25) is 9.59 Å². The van der Waals surface area contributed by atoms with Crippen molar-refractivity contribution in [2.75, 3.05) is 13.1 Å². The number of aliphatic carboxylic acids is 1. The molecule has 0 saturated carbocycles. The van der Waals surface area contributed by atoms with E-state index < -0.39 is 36.6 Å². The maximum absolute atomic E-state index is 12.2. The SMILES string of the molecule is CCC(C)(C)C(=O)N(CC(=O)O)CC(F)(F)F. The summed E-state index contributed by atoms with van der Waals surface area (Å²) >= 11 is 0. The van der Waals surface area contributed by atoms with Gasteiger partial charge in [-0.25, -0.2) is 0 Å². The van der Waals surface area contributed by atoms with Gasteiger partial charge in [0, 0.05) is 5.41 Å². The van der Waals surface area contributed by atoms with Crippen LogP contribution in [0.1, 0.15) is 27.2 Å². The van der Waals surface area contributed by atoms with Crippen molar-refractivity contribution in [3.05, 3.63) is 0 Å². The molecule has 100 valence electrons. The van der Waals surface area contributed by atoms with Crippen LogP contribution in [0.3, 0.4) is 0 Å². The average Bonchev–Trinajstić information content (AvgIpc) is 2.12. The number of carboxylic acids is 1. The van der Waals surface area contributed by atoms with E-state index in [1.807, 2.05) is 0 Å². The Hall–Kier alpha value is -1.27. The Morgan fingerprint density at radius 1 is 1.24 bits per heavy atom. The van der Waals surface area contributed by atoms with Crippen LogP contribution in [-0.4, -0.2) is 41.1 Å². The first-order valence-electron chi connectivity index (χ1n) is 5.07. The van der Waals surface area contributed by atoms with Gasteiger partial charge in [0.1, 0.15) is 13.1 Å². The van der Waals surface area contributed by atoms with Gasteiger partial charge >= 0.3 is 12.1 Å². The molecule has 0 aromatic heterocycles. The van der Waals surface area contributed by atoms with Crippen molar-refractivity contribution in [2.45, 2.75) is 33.4 Å². The fourth-order valence-electron chi connectivity index (χ4n) is 1.16. The summed E-state index contributed by atoms with van der Waals surface area (Å²) in [4.78, 5) is 22.6. The third-order valence-electron chi connectivity index (χ3n) is 2.45. The molecule has 0 aliphatic carbocycles. The average molecular weight is 255 g/mol. The Bertz CT molecular complexity index is 300. The Kier molecular flexibility index (Phi) is 4.97. The van der Waals surface area contributed by atoms with Crippen LogP contribution in [-0.2, 0) is 9.59 Å². The van der Waals surface area contributed by atoms with Crippen LogP contribution in [0.4, 0.5) is 13.2 Å². The van der Waals surface area contributed by atoms with Gasteiger partial charge in [-0.05, 0) is 6.42 Å². The molecule has 0 aromatic carbocycles. The van der Waals surface area contributed by atoms with Crippen LogP contribution in [0.15, 0.2) is 0 Å². The highest BCUT2D eigenvalue weighted by molar-refractivity contribution is 5.85. The fourth-order valence-corrected chi connectivity index (χ4v) is 1.16. The fraction of sp³-hybridized carbons (Fsp3) is 0.800. The Balaban J connectivity index is 4.93. The van der Waals surface area contributed by atoms with E-state index in [2.05, 4.69) is 0 Å². The summed E-state index contributed by atoms with van der Waals surface area (Å²) in [5, 5.41) is 8.51. The lowest BCUT2D eigenvalue weighted by Gasteiger charge is -2.30. The Morgan fingerprint density at radius 2 is 1.71 bits per heavy atom. The normalized spacial score (nSPS) is 12.4. The van der Waals surface area contributed by atoms with E-state index in [9.17, 15) is 22.8 Å². The number of alkyl halides is 3. The summed E-state index contributed by atoms with van der Waals surface area (Å²) in [7, 11) is 0. The van der Waals surface area contributed by atoms with E-state index in [4.69, 9.17) is 5.11 Å². The molecule has 0 aromatic rings. The molecule has 1 amide bonds. The van der Waals surface area contributed by atoms with Crippen molar-refractivity contribution in [3.8, 4) is 0 Å². The van der Waals surface area contributed by atoms with E-state index in [-0.39, 0.29) is 0 Å². The van der Waals surface area contributed by atoms with Crippen LogP contribution in [0.5, 0.6) is 0 Å². The molecule has 1 N–H and O–H groups in total. The van der Waals surface area contributed by atoms with Crippen LogP contribution < -0.4 is 0 Å². The molecular formula is C10H16F3NO3. The number of hydrogen-bond donors (Lipinski definition) is 1. The molecular weight excluding hydrogens is 239 g/mol. The van der Waals surface area contributed by atoms with Crippen molar-refractivity contribution in [1.82, 2.24) is 4.90 Å². The number of carbonyl (C=O) groups excluding carboxylic acids is 1. The number of halogens is 3. The van der Waals surface area contributed by atoms with Crippen LogP contribution in [0.25, 0.3) is 0 Å². The predicted octanol–water partition coefficient (Wildman–Crippen LogP) is 1.90. The maximum Gasteiger partial charge on any atom is 0.406 e. The minimum atomic E-state index is -4.60. The van der Waals surface area contributed by atoms with Gasteiger partial charge in [-0.1, -0.05) is 20.8 Å². The maximum atomic E-state index is 12.2. The second-order valence-electron chi connectivity index (χ2n) is 4.41. The van der Waals surface area contributed by atoms with Crippen molar-refractivity contribution in [3.63, 3.8) is 0 Å². The van der Waals surface area contributed by atoms with Gasteiger partial charge in [-0.2, -0.15) is 13.2 Å². The highest BCUT2D eigenvalue weighted by Gasteiger charge is 2.38. The monoisotopic (exact) mass is 255 g/mol. The first kappa shape index (κ1) is 15.7. The molecule has 17 heavy (non-hydrogen) atoms. The molecule has 0 spiro atoms. The minimum Gasteiger partial charge on any atom is -0.480 e. The lowest BCUT2D eigenvalue weighted by Crippen LogP contribution is -2.47. The summed E-state index contributed by atoms with van der Waals surface area (Å²) in [5.41, 5.74) is -0.999. The summed E-state index contributed by atoms with van der Waals surface area (Å²) in [6.07, 6.45) is -4.27. The molecule has 7 heteroatoms. The van der Waals surface area contributed by atoms with E-state index in [0.29, 0.717) is 11.3 Å². The van der Waals surface area contributed by atoms with E-state index >= 15 is 0 Å². The number of carboxylic acid groups (broad SMARTS) is 1. The van der Waals surface area contributed by atoms with Crippen molar-refractivity contribution in [1.29, 1.82) is 0 Å². The number of amides is 1. The molecule has 0 saturated heterocycles. The second-order valence-corrected chi connectivity index (χ2v) is 4.41. The summed E-state index contributed by atoms with van der Waals surface area (Å²) in [5.74, 6) is -2.27. The summed E-state index contributed by atoms with van der Waals surface area (Å²) in [6, 6.07) is 0. The predicted molar refractivity (Wildman–Crippen MR) is 54.3 cm³/mol. The van der Waals surface area contributed by atoms with Gasteiger partial charge < -0.3 is 10.0 Å². The molecule has 0 radical (unpaired) electrons. The lowest BCUT2D eigenvalue weighted by molar-refractivity contribution is -0.170. The largest absolute Gasteiger partial charge is 0.480 e. The smallest absolute Gasteiger partial charge is 0.406 e. The number of rotatable bonds is 5. The first-order chi connectivity index (χ1) is 7.49. The van der Waals surface area contributed by atoms with Crippen LogP contribution in [0.2, 0.25) is 0 Å². The van der Waals surface area contributed by atoms with Crippen molar-refractivity contribution >= 4 is 11.9 Å². The Labute approximate surface area is 97.4 Å². The zero-order valence-electron chi connectivity index (χ0n) is 9.97. The first-order valence-corrected chi connectivity index (χ1v) is 5.07. The van der Waals surface area contributed by atoms with Crippen molar-refractivity contribution < 1.29 is 27.9 Å². The molecule has 0 atom stereocenters. The lowest BCUT2D eigenvalue weighted by atomic mass is 9.88. The third kappa shape index (κ3) is 5.55. The molecule has 0 heterocycles. The molecule has 4 nitrogen and oxygen atoms in total. The summed E-state index contributed by atoms with van der Waals surface area (Å²) in [6.45, 7) is 2.15. The van der Waals surface area contributed by atoms with Crippen LogP contribution >= 0.6 is 0 Å². The number of nitrogens with zero attached hydrogens (tertiary/aromatic N) is 1. The molecule has 0 aliphatic rings. The van der Waals surface area contributed by atoms with Crippen molar-refractivity contribution in [2.24, 2.45) is 5.41 Å². The minimum absolute atomic E-state index is 0.325. The number of hydrogen-bond acceptors (Lipinski definition) is 2. The van der Waals surface area contributed by atoms with Gasteiger partial charge in [0.25, 0.3) is 0 Å². The quantitative estimate of drug-likeness (QED) is 0.816. The molecule has 0 fully saturated rings. The highest BCUT2D eigenvalue weighted by atomic mass is 19.4. The molecule has 0 aliphatic heterocycles. The topological polar surface area (TPSA) is 57.6 Å². The highest BCUT2D eigenvalue weighted by Crippen LogP contribution is 2.25. The second kappa shape index (κ2) is 5.37. The zero-order chi connectivity index (χ0) is 13.9. The summed E-state index contributed by atoms with van der Waals surface area (Å²) < 4.78 is 36.7. The van der Waals surface area contributed by atoms with E-state index in [0.717, 1.165) is 0 Å². The molecule has 0 rings (SSSR count). The molecule has 0 unspecified atom stereocenters. The van der Waals surface area contributed by atoms with E-state index in [1.54, 1.807) is 6.92 Å².